The Balaban J connectivity index is 1.35. The van der Waals surface area contributed by atoms with Crippen LogP contribution in [0.5, 0.6) is 0 Å². The highest BCUT2D eigenvalue weighted by Gasteiger charge is 2.38. The number of hydrogen-bond donors (Lipinski definition) is 0. The second-order valence-corrected chi connectivity index (χ2v) is 7.57. The normalized spacial score (nSPS) is 20.1. The molecule has 2 aliphatic rings. The van der Waals surface area contributed by atoms with E-state index in [0.29, 0.717) is 5.41 Å². The number of anilines is 2. The molecule has 0 unspecified atom stereocenters. The van der Waals surface area contributed by atoms with Crippen molar-refractivity contribution in [2.24, 2.45) is 5.41 Å². The van der Waals surface area contributed by atoms with Gasteiger partial charge in [0.1, 0.15) is 0 Å². The van der Waals surface area contributed by atoms with Crippen LogP contribution in [-0.2, 0) is 0 Å². The molecule has 4 heterocycles. The summed E-state index contributed by atoms with van der Waals surface area (Å²) in [6, 6.07) is 4.14. The molecule has 0 N–H and O–H groups in total. The molecule has 0 saturated carbocycles. The van der Waals surface area contributed by atoms with Gasteiger partial charge in [-0.15, -0.1) is 5.10 Å². The predicted molar refractivity (Wildman–Crippen MR) is 98.9 cm³/mol. The molecule has 6 heteroatoms. The molecule has 25 heavy (non-hydrogen) atoms. The maximum absolute atomic E-state index is 4.49. The highest BCUT2D eigenvalue weighted by molar-refractivity contribution is 5.38. The molecule has 0 amide bonds. The monoisotopic (exact) mass is 338 g/mol. The summed E-state index contributed by atoms with van der Waals surface area (Å²) in [5.41, 5.74) is 2.57. The van der Waals surface area contributed by atoms with E-state index in [0.717, 1.165) is 49.2 Å². The topological polar surface area (TPSA) is 58.0 Å². The maximum atomic E-state index is 4.49. The molecule has 0 atom stereocenters. The van der Waals surface area contributed by atoms with Gasteiger partial charge in [0.25, 0.3) is 0 Å². The first-order valence-electron chi connectivity index (χ1n) is 9.23. The van der Waals surface area contributed by atoms with Crippen LogP contribution in [0.3, 0.4) is 0 Å². The second-order valence-electron chi connectivity index (χ2n) is 7.57. The lowest BCUT2D eigenvalue weighted by molar-refractivity contribution is 0.165. The molecule has 2 aromatic rings. The Kier molecular flexibility index (Phi) is 4.27. The number of hydrogen-bond acceptors (Lipinski definition) is 6. The molecule has 4 rings (SSSR count). The van der Waals surface area contributed by atoms with Gasteiger partial charge in [0.15, 0.2) is 5.82 Å². The van der Waals surface area contributed by atoms with E-state index in [1.54, 1.807) is 0 Å². The number of piperidine rings is 2. The largest absolute Gasteiger partial charge is 0.355 e. The molecule has 2 saturated heterocycles. The summed E-state index contributed by atoms with van der Waals surface area (Å²) in [5, 5.41) is 8.54. The first kappa shape index (κ1) is 16.2. The lowest BCUT2D eigenvalue weighted by Crippen LogP contribution is -2.47. The van der Waals surface area contributed by atoms with Crippen molar-refractivity contribution in [2.75, 3.05) is 36.0 Å². The standard InChI is InChI=1S/C19H26N6/c1-15-13-20-18(21-14-15)25-11-7-19(8-12-25)5-9-24(10-6-19)17-4-3-16(2)22-23-17/h3-4,13-14H,5-12H2,1-2H3. The fourth-order valence-electron chi connectivity index (χ4n) is 4.00. The van der Waals surface area contributed by atoms with Crippen molar-refractivity contribution in [3.63, 3.8) is 0 Å². The van der Waals surface area contributed by atoms with Crippen LogP contribution in [0.4, 0.5) is 11.8 Å². The Bertz CT molecular complexity index is 629. The molecule has 132 valence electrons. The summed E-state index contributed by atoms with van der Waals surface area (Å²) in [6.07, 6.45) is 8.77. The molecule has 0 radical (unpaired) electrons. The first-order chi connectivity index (χ1) is 12.1. The van der Waals surface area contributed by atoms with Crippen LogP contribution >= 0.6 is 0 Å². The summed E-state index contributed by atoms with van der Waals surface area (Å²) in [4.78, 5) is 13.7. The Labute approximate surface area is 149 Å². The average molecular weight is 338 g/mol. The van der Waals surface area contributed by atoms with Crippen LogP contribution in [-0.4, -0.2) is 46.3 Å². The average Bonchev–Trinajstić information content (AvgIpc) is 2.65. The third-order valence-corrected chi connectivity index (χ3v) is 5.81. The van der Waals surface area contributed by atoms with Gasteiger partial charge in [0.2, 0.25) is 5.95 Å². The van der Waals surface area contributed by atoms with E-state index in [9.17, 15) is 0 Å². The summed E-state index contributed by atoms with van der Waals surface area (Å²) in [7, 11) is 0. The van der Waals surface area contributed by atoms with E-state index in [1.807, 2.05) is 32.3 Å². The summed E-state index contributed by atoms with van der Waals surface area (Å²) >= 11 is 0. The van der Waals surface area contributed by atoms with Crippen molar-refractivity contribution in [2.45, 2.75) is 39.5 Å². The van der Waals surface area contributed by atoms with E-state index in [2.05, 4.69) is 36.0 Å². The van der Waals surface area contributed by atoms with Gasteiger partial charge in [-0.3, -0.25) is 0 Å². The molecule has 2 fully saturated rings. The number of aryl methyl sites for hydroxylation is 2. The van der Waals surface area contributed by atoms with Crippen LogP contribution in [0.15, 0.2) is 24.5 Å². The molecule has 0 bridgehead atoms. The quantitative estimate of drug-likeness (QED) is 0.839. The van der Waals surface area contributed by atoms with Crippen LogP contribution in [0.2, 0.25) is 0 Å². The van der Waals surface area contributed by atoms with Gasteiger partial charge in [-0.1, -0.05) is 0 Å². The highest BCUT2D eigenvalue weighted by Crippen LogP contribution is 2.42. The van der Waals surface area contributed by atoms with Gasteiger partial charge < -0.3 is 9.80 Å². The van der Waals surface area contributed by atoms with Crippen LogP contribution in [0, 0.1) is 19.3 Å². The van der Waals surface area contributed by atoms with Crippen LogP contribution in [0.1, 0.15) is 36.9 Å². The van der Waals surface area contributed by atoms with Gasteiger partial charge in [-0.2, -0.15) is 5.10 Å². The highest BCUT2D eigenvalue weighted by atomic mass is 15.3. The van der Waals surface area contributed by atoms with Crippen molar-refractivity contribution in [3.05, 3.63) is 35.8 Å². The Hall–Kier alpha value is -2.24. The van der Waals surface area contributed by atoms with Gasteiger partial charge in [-0.25, -0.2) is 9.97 Å². The summed E-state index contributed by atoms with van der Waals surface area (Å²) in [5.74, 6) is 1.90. The zero-order valence-electron chi connectivity index (χ0n) is 15.1. The minimum Gasteiger partial charge on any atom is -0.355 e. The van der Waals surface area contributed by atoms with Gasteiger partial charge >= 0.3 is 0 Å². The molecule has 0 aliphatic carbocycles. The van der Waals surface area contributed by atoms with Gasteiger partial charge in [0.05, 0.1) is 5.69 Å². The van der Waals surface area contributed by atoms with Gasteiger partial charge in [0, 0.05) is 38.6 Å². The van der Waals surface area contributed by atoms with Crippen LogP contribution in [0.25, 0.3) is 0 Å². The smallest absolute Gasteiger partial charge is 0.225 e. The van der Waals surface area contributed by atoms with E-state index in [1.165, 1.54) is 25.7 Å². The van der Waals surface area contributed by atoms with Crippen molar-refractivity contribution in [1.29, 1.82) is 0 Å². The van der Waals surface area contributed by atoms with E-state index < -0.39 is 0 Å². The molecule has 0 aromatic carbocycles. The Morgan fingerprint density at radius 3 is 1.96 bits per heavy atom. The fraction of sp³-hybridized carbons (Fsp3) is 0.579. The van der Waals surface area contributed by atoms with E-state index >= 15 is 0 Å². The second kappa shape index (κ2) is 6.58. The van der Waals surface area contributed by atoms with Crippen molar-refractivity contribution < 1.29 is 0 Å². The Morgan fingerprint density at radius 1 is 0.800 bits per heavy atom. The molecule has 1 spiro atoms. The van der Waals surface area contributed by atoms with Crippen molar-refractivity contribution >= 4 is 11.8 Å². The van der Waals surface area contributed by atoms with Crippen LogP contribution < -0.4 is 9.80 Å². The fourth-order valence-corrected chi connectivity index (χ4v) is 4.00. The lowest BCUT2D eigenvalue weighted by atomic mass is 9.71. The number of aromatic nitrogens is 4. The molecule has 2 aliphatic heterocycles. The number of nitrogens with zero attached hydrogens (tertiary/aromatic N) is 6. The predicted octanol–water partition coefficient (Wildman–Crippen LogP) is 2.77. The molecular weight excluding hydrogens is 312 g/mol. The maximum Gasteiger partial charge on any atom is 0.225 e. The molecule has 6 nitrogen and oxygen atoms in total. The lowest BCUT2D eigenvalue weighted by Gasteiger charge is -2.47. The minimum absolute atomic E-state index is 0.482. The van der Waals surface area contributed by atoms with Crippen molar-refractivity contribution in [1.82, 2.24) is 20.2 Å². The van der Waals surface area contributed by atoms with Gasteiger partial charge in [-0.05, 0) is 62.6 Å². The van der Waals surface area contributed by atoms with Crippen molar-refractivity contribution in [3.8, 4) is 0 Å². The first-order valence-corrected chi connectivity index (χ1v) is 9.23. The zero-order chi connectivity index (χ0) is 17.3. The van der Waals surface area contributed by atoms with E-state index in [4.69, 9.17) is 0 Å². The minimum atomic E-state index is 0.482. The number of rotatable bonds is 2. The molecular formula is C19H26N6. The Morgan fingerprint density at radius 2 is 1.40 bits per heavy atom. The third kappa shape index (κ3) is 3.43. The van der Waals surface area contributed by atoms with E-state index in [-0.39, 0.29) is 0 Å². The summed E-state index contributed by atoms with van der Waals surface area (Å²) < 4.78 is 0. The third-order valence-electron chi connectivity index (χ3n) is 5.81. The summed E-state index contributed by atoms with van der Waals surface area (Å²) in [6.45, 7) is 8.30. The SMILES string of the molecule is Cc1cnc(N2CCC3(CCN(c4ccc(C)nn4)CC3)CC2)nc1. The zero-order valence-corrected chi connectivity index (χ0v) is 15.1. The molecule has 2 aromatic heterocycles.